The molecule has 4 rings (SSSR count). The molecule has 0 aliphatic carbocycles. The zero-order chi connectivity index (χ0) is 38.3. The number of ether oxygens (including phenoxy) is 5. The summed E-state index contributed by atoms with van der Waals surface area (Å²) in [5.41, 5.74) is 0.461. The Morgan fingerprint density at radius 1 is 0.673 bits per heavy atom. The summed E-state index contributed by atoms with van der Waals surface area (Å²) in [6, 6.07) is 18.9. The van der Waals surface area contributed by atoms with Crippen molar-refractivity contribution in [3.63, 3.8) is 0 Å². The van der Waals surface area contributed by atoms with E-state index in [1.165, 1.54) is 32.4 Å². The van der Waals surface area contributed by atoms with Crippen LogP contribution in [0.25, 0.3) is 11.1 Å². The zero-order valence-corrected chi connectivity index (χ0v) is 30.7. The van der Waals surface area contributed by atoms with E-state index in [0.717, 1.165) is 17.2 Å². The molecule has 0 aromatic heterocycles. The van der Waals surface area contributed by atoms with Gasteiger partial charge in [-0.3, -0.25) is 0 Å². The van der Waals surface area contributed by atoms with Crippen LogP contribution in [0.1, 0.15) is 74.9 Å². The van der Waals surface area contributed by atoms with E-state index in [1.807, 2.05) is 65.8 Å². The Balaban J connectivity index is 2.07. The van der Waals surface area contributed by atoms with Gasteiger partial charge in [-0.15, -0.1) is 0 Å². The molecule has 0 spiro atoms. The molecule has 1 aliphatic heterocycles. The van der Waals surface area contributed by atoms with Crippen LogP contribution < -0.4 is 5.32 Å². The number of carbonyl (C=O) groups is 2. The van der Waals surface area contributed by atoms with E-state index < -0.39 is 35.1 Å². The lowest BCUT2D eigenvalue weighted by atomic mass is 9.86. The van der Waals surface area contributed by atoms with E-state index in [1.54, 1.807) is 24.3 Å². The Morgan fingerprint density at radius 3 is 1.60 bits per heavy atom. The Morgan fingerprint density at radius 2 is 1.13 bits per heavy atom. The molecule has 1 aliphatic rings. The molecule has 12 heteroatoms. The van der Waals surface area contributed by atoms with Gasteiger partial charge in [-0.05, 0) is 45.2 Å². The summed E-state index contributed by atoms with van der Waals surface area (Å²) >= 11 is 0. The van der Waals surface area contributed by atoms with Crippen molar-refractivity contribution in [1.29, 1.82) is 0 Å². The van der Waals surface area contributed by atoms with E-state index >= 15 is 0 Å². The molecule has 0 fully saturated rings. The summed E-state index contributed by atoms with van der Waals surface area (Å²) in [4.78, 5) is 32.2. The highest BCUT2D eigenvalue weighted by molar-refractivity contribution is 6.20. The highest BCUT2D eigenvalue weighted by Crippen LogP contribution is 2.36. The van der Waals surface area contributed by atoms with Gasteiger partial charge >= 0.3 is 18.1 Å². The molecular weight excluding hydrogens is 677 g/mol. The Labute approximate surface area is 302 Å². The molecule has 1 N–H and O–H groups in total. The van der Waals surface area contributed by atoms with Crippen LogP contribution in [0.5, 0.6) is 0 Å². The predicted molar refractivity (Wildman–Crippen MR) is 192 cm³/mol. The number of alkyl halides is 3. The minimum absolute atomic E-state index is 0.0877. The summed E-state index contributed by atoms with van der Waals surface area (Å²) in [5.74, 6) is -2.73. The monoisotopic (exact) mass is 722 g/mol. The van der Waals surface area contributed by atoms with E-state index in [0.29, 0.717) is 11.1 Å². The minimum atomic E-state index is -4.80. The number of nitrogens with one attached hydrogen (secondary N) is 1. The van der Waals surface area contributed by atoms with Gasteiger partial charge in [0.15, 0.2) is 5.82 Å². The van der Waals surface area contributed by atoms with Crippen molar-refractivity contribution in [3.8, 4) is 0 Å². The third-order valence-corrected chi connectivity index (χ3v) is 8.10. The van der Waals surface area contributed by atoms with Crippen molar-refractivity contribution in [2.75, 3.05) is 40.6 Å². The molecule has 0 saturated carbocycles. The topological polar surface area (TPSA) is 105 Å². The second-order valence-electron chi connectivity index (χ2n) is 14.0. The van der Waals surface area contributed by atoms with Crippen LogP contribution in [0, 0.1) is 0 Å². The van der Waals surface area contributed by atoms with Gasteiger partial charge < -0.3 is 29.0 Å². The molecular formula is C40H45F3N2O7. The molecule has 52 heavy (non-hydrogen) atoms. The lowest BCUT2D eigenvalue weighted by molar-refractivity contribution is -0.138. The van der Waals surface area contributed by atoms with Gasteiger partial charge in [-0.2, -0.15) is 18.2 Å². The summed E-state index contributed by atoms with van der Waals surface area (Å²) in [5, 5.41) is 2.95. The fraction of sp³-hybridized carbons (Fsp3) is 0.375. The Kier molecular flexibility index (Phi) is 12.7. The molecule has 0 atom stereocenters. The van der Waals surface area contributed by atoms with Crippen molar-refractivity contribution in [3.05, 3.63) is 118 Å². The summed E-state index contributed by atoms with van der Waals surface area (Å²) in [6.07, 6.45) is -4.80. The van der Waals surface area contributed by atoms with Gasteiger partial charge in [-0.1, -0.05) is 102 Å². The van der Waals surface area contributed by atoms with E-state index in [-0.39, 0.29) is 60.1 Å². The molecule has 0 unspecified atom stereocenters. The van der Waals surface area contributed by atoms with Crippen LogP contribution >= 0.6 is 0 Å². The van der Waals surface area contributed by atoms with Crippen LogP contribution in [-0.2, 0) is 50.3 Å². The number of benzene rings is 3. The largest absolute Gasteiger partial charge is 0.460 e. The maximum Gasteiger partial charge on any atom is 0.417 e. The standard InChI is InChI=1S/C40H45F3N2O7/c1-38(2,3)27-17-13-25(14-18-27)31(36(46)50-23-21-48-7)33-44-34(29-11-9-10-12-30(29)40(41,42)43)52-35(45-33)32(37(47)51-24-22-49-8)26-15-19-28(20-16-26)39(4,5)6/h9-20,45H,21-24H2,1-8H3. The van der Waals surface area contributed by atoms with Crippen molar-refractivity contribution >= 4 is 29.0 Å². The molecule has 3 aromatic rings. The molecule has 0 amide bonds. The summed E-state index contributed by atoms with van der Waals surface area (Å²) < 4.78 is 70.4. The number of hydrogen-bond donors (Lipinski definition) is 1. The minimum Gasteiger partial charge on any atom is -0.460 e. The first-order valence-electron chi connectivity index (χ1n) is 16.7. The fourth-order valence-corrected chi connectivity index (χ4v) is 5.19. The molecule has 0 bridgehead atoms. The van der Waals surface area contributed by atoms with E-state index in [2.05, 4.69) is 10.3 Å². The predicted octanol–water partition coefficient (Wildman–Crippen LogP) is 7.78. The van der Waals surface area contributed by atoms with Crippen molar-refractivity contribution in [2.24, 2.45) is 4.99 Å². The number of aliphatic imine (C=N–C) groups is 1. The highest BCUT2D eigenvalue weighted by Gasteiger charge is 2.37. The van der Waals surface area contributed by atoms with Gasteiger partial charge in [0.25, 0.3) is 0 Å². The van der Waals surface area contributed by atoms with Crippen LogP contribution in [-0.4, -0.2) is 58.5 Å². The lowest BCUT2D eigenvalue weighted by Gasteiger charge is -2.26. The quantitative estimate of drug-likeness (QED) is 0.122. The Bertz CT molecular complexity index is 1830. The van der Waals surface area contributed by atoms with E-state index in [9.17, 15) is 22.8 Å². The second kappa shape index (κ2) is 16.6. The van der Waals surface area contributed by atoms with Gasteiger partial charge in [0.05, 0.1) is 18.8 Å². The average molecular weight is 723 g/mol. The van der Waals surface area contributed by atoms with Crippen molar-refractivity contribution in [1.82, 2.24) is 5.32 Å². The molecule has 3 aromatic carbocycles. The van der Waals surface area contributed by atoms with Crippen LogP contribution in [0.15, 0.2) is 89.5 Å². The third-order valence-electron chi connectivity index (χ3n) is 8.10. The molecule has 1 heterocycles. The second-order valence-corrected chi connectivity index (χ2v) is 14.0. The fourth-order valence-electron chi connectivity index (χ4n) is 5.19. The first-order chi connectivity index (χ1) is 24.5. The average Bonchev–Trinajstić information content (AvgIpc) is 3.08. The maximum absolute atomic E-state index is 14.4. The first kappa shape index (κ1) is 39.8. The van der Waals surface area contributed by atoms with Crippen LogP contribution in [0.2, 0.25) is 0 Å². The normalized spacial score (nSPS) is 15.6. The number of esters is 2. The Hall–Kier alpha value is -4.94. The molecule has 278 valence electrons. The highest BCUT2D eigenvalue weighted by atomic mass is 19.4. The third kappa shape index (κ3) is 9.89. The number of nitrogens with zero attached hydrogens (tertiary/aromatic N) is 1. The van der Waals surface area contributed by atoms with E-state index in [4.69, 9.17) is 23.7 Å². The molecule has 0 saturated heterocycles. The number of hydrogen-bond acceptors (Lipinski definition) is 9. The number of methoxy groups -OCH3 is 2. The van der Waals surface area contributed by atoms with Crippen LogP contribution in [0.4, 0.5) is 13.2 Å². The first-order valence-corrected chi connectivity index (χ1v) is 16.7. The van der Waals surface area contributed by atoms with Crippen molar-refractivity contribution in [2.45, 2.75) is 58.5 Å². The molecule has 9 nitrogen and oxygen atoms in total. The summed E-state index contributed by atoms with van der Waals surface area (Å²) in [7, 11) is 2.90. The number of rotatable bonds is 11. The van der Waals surface area contributed by atoms with Gasteiger partial charge in [0, 0.05) is 19.8 Å². The maximum atomic E-state index is 14.4. The van der Waals surface area contributed by atoms with Gasteiger partial charge in [0.2, 0.25) is 11.8 Å². The van der Waals surface area contributed by atoms with Gasteiger partial charge in [-0.25, -0.2) is 9.59 Å². The summed E-state index contributed by atoms with van der Waals surface area (Å²) in [6.45, 7) is 12.1. The lowest BCUT2D eigenvalue weighted by Crippen LogP contribution is -2.31. The zero-order valence-electron chi connectivity index (χ0n) is 30.7. The smallest absolute Gasteiger partial charge is 0.417 e. The number of halogens is 3. The van der Waals surface area contributed by atoms with Crippen LogP contribution in [0.3, 0.4) is 0 Å². The van der Waals surface area contributed by atoms with Crippen molar-refractivity contribution < 1.29 is 46.4 Å². The SMILES string of the molecule is COCCOC(=O)C(=C1N=C(c2ccccc2C(F)(F)F)OC(=C(C(=O)OCCOC)c2ccc(C(C)(C)C)cc2)N1)c1ccc(C(C)(C)C)cc1. The van der Waals surface area contributed by atoms with Gasteiger partial charge in [0.1, 0.15) is 24.4 Å². The number of carbonyl (C=O) groups excluding carboxylic acids is 2. The molecule has 0 radical (unpaired) electrons.